The molecule has 0 saturated carbocycles. The lowest BCUT2D eigenvalue weighted by atomic mass is 9.75. The van der Waals surface area contributed by atoms with E-state index in [1.165, 1.54) is 12.5 Å². The number of esters is 2. The van der Waals surface area contributed by atoms with E-state index in [0.717, 1.165) is 103 Å². The Bertz CT molecular complexity index is 2370. The number of unbranched alkanes of at least 4 members (excludes halogenated alkanes) is 16. The van der Waals surface area contributed by atoms with Gasteiger partial charge in [0.05, 0.1) is 117 Å². The molecule has 2 aromatic carbocycles. The van der Waals surface area contributed by atoms with Crippen LogP contribution in [0, 0.1) is 0 Å². The molecule has 0 aliphatic heterocycles. The molecule has 107 heavy (non-hydrogen) atoms. The Morgan fingerprint density at radius 1 is 0.234 bits per heavy atom. The molecule has 0 radical (unpaired) electrons. The molecule has 0 fully saturated rings. The second kappa shape index (κ2) is 60.4. The molecule has 0 bridgehead atoms. The van der Waals surface area contributed by atoms with Crippen LogP contribution in [0.4, 0.5) is 0 Å². The summed E-state index contributed by atoms with van der Waals surface area (Å²) in [7, 11) is 0. The fourth-order valence-electron chi connectivity index (χ4n) is 10.7. The van der Waals surface area contributed by atoms with Crippen molar-refractivity contribution in [3.63, 3.8) is 0 Å². The van der Waals surface area contributed by atoms with E-state index in [4.69, 9.17) is 85.3 Å². The summed E-state index contributed by atoms with van der Waals surface area (Å²) in [6.07, 6.45) is 25.8. The quantitative estimate of drug-likeness (QED) is 0.0151. The van der Waals surface area contributed by atoms with Crippen LogP contribution >= 0.6 is 0 Å². The number of ether oxygens (including phenoxy) is 18. The maximum absolute atomic E-state index is 16.3. The first kappa shape index (κ1) is 97.7. The largest absolute Gasteiger partial charge is 0.500 e. The van der Waals surface area contributed by atoms with Crippen LogP contribution in [0.5, 0.6) is 57.5 Å². The lowest BCUT2D eigenvalue weighted by Crippen LogP contribution is -2.46. The van der Waals surface area contributed by atoms with E-state index in [9.17, 15) is 0 Å². The zero-order chi connectivity index (χ0) is 78.8. The van der Waals surface area contributed by atoms with Crippen molar-refractivity contribution in [3.8, 4) is 57.5 Å². The molecule has 20 heteroatoms. The highest BCUT2D eigenvalue weighted by Gasteiger charge is 2.50. The SMILES string of the molecule is CCCCOC=C(C(=O)Oc1c(OCCCC)c(OCCCC)c(C(C)(C)c2c(OCCCC)c(OCCCC)c(OC(=O)C(=COCCCC)C(OCCCC)(OCCCC)OCCCC)c(OCCCC)c2OCCCC)c(OCCCC)c1OCCCC)C(OCCCC)(OCCCC)OCCCC. The smallest absolute Gasteiger partial charge is 0.351 e. The molecule has 0 aliphatic rings. The molecule has 20 nitrogen and oxygen atoms in total. The lowest BCUT2D eigenvalue weighted by Gasteiger charge is -2.37. The number of benzene rings is 2. The van der Waals surface area contributed by atoms with E-state index < -0.39 is 29.3 Å². The predicted octanol–water partition coefficient (Wildman–Crippen LogP) is 22.9. The van der Waals surface area contributed by atoms with Crippen LogP contribution in [-0.2, 0) is 52.9 Å². The molecule has 2 aromatic rings. The molecular formula is C87H152O20. The summed E-state index contributed by atoms with van der Waals surface area (Å²) in [6, 6.07) is 0. The number of rotatable bonds is 72. The van der Waals surface area contributed by atoms with Gasteiger partial charge in [-0.15, -0.1) is 0 Å². The van der Waals surface area contributed by atoms with Crippen LogP contribution in [0.1, 0.15) is 341 Å². The van der Waals surface area contributed by atoms with Gasteiger partial charge in [0.1, 0.15) is 12.5 Å². The first-order valence-corrected chi connectivity index (χ1v) is 42.6. The van der Waals surface area contributed by atoms with Gasteiger partial charge in [-0.25, -0.2) is 9.59 Å². The molecule has 0 saturated heterocycles. The van der Waals surface area contributed by atoms with Crippen molar-refractivity contribution < 1.29 is 94.9 Å². The van der Waals surface area contributed by atoms with Gasteiger partial charge < -0.3 is 85.3 Å². The van der Waals surface area contributed by atoms with Crippen molar-refractivity contribution >= 4 is 11.9 Å². The van der Waals surface area contributed by atoms with Crippen LogP contribution in [0.2, 0.25) is 0 Å². The summed E-state index contributed by atoms with van der Waals surface area (Å²) in [4.78, 5) is 32.6. The Morgan fingerprint density at radius 3 is 0.589 bits per heavy atom. The maximum Gasteiger partial charge on any atom is 0.351 e. The first-order valence-electron chi connectivity index (χ1n) is 42.6. The number of carbonyl (C=O) groups is 2. The Labute approximate surface area is 649 Å². The van der Waals surface area contributed by atoms with Gasteiger partial charge in [0.2, 0.25) is 34.5 Å². The summed E-state index contributed by atoms with van der Waals surface area (Å²) in [5, 5.41) is 0. The average molecular weight is 1520 g/mol. The molecule has 0 aromatic heterocycles. The third kappa shape index (κ3) is 33.6. The topological polar surface area (TPSA) is 200 Å². The van der Waals surface area contributed by atoms with E-state index in [-0.39, 0.29) is 161 Å². The number of hydrogen-bond acceptors (Lipinski definition) is 20. The van der Waals surface area contributed by atoms with Crippen LogP contribution < -0.4 is 47.4 Å². The first-order chi connectivity index (χ1) is 52.1. The summed E-state index contributed by atoms with van der Waals surface area (Å²) < 4.78 is 126. The molecular weight excluding hydrogens is 1360 g/mol. The van der Waals surface area contributed by atoms with Gasteiger partial charge in [0.25, 0.3) is 0 Å². The minimum absolute atomic E-state index is 0.0771. The van der Waals surface area contributed by atoms with Crippen LogP contribution in [0.25, 0.3) is 0 Å². The molecule has 620 valence electrons. The molecule has 0 amide bonds. The highest BCUT2D eigenvalue weighted by atomic mass is 16.9. The molecule has 0 unspecified atom stereocenters. The van der Waals surface area contributed by atoms with Gasteiger partial charge in [-0.2, -0.15) is 0 Å². The monoisotopic (exact) mass is 1520 g/mol. The van der Waals surface area contributed by atoms with E-state index in [1.807, 2.05) is 0 Å². The fraction of sp³-hybridized carbons (Fsp3) is 0.793. The molecule has 0 N–H and O–H groups in total. The predicted molar refractivity (Wildman–Crippen MR) is 428 cm³/mol. The van der Waals surface area contributed by atoms with Crippen molar-refractivity contribution in [2.24, 2.45) is 0 Å². The second-order valence-corrected chi connectivity index (χ2v) is 27.9. The van der Waals surface area contributed by atoms with Gasteiger partial charge >= 0.3 is 23.9 Å². The van der Waals surface area contributed by atoms with Crippen molar-refractivity contribution in [1.29, 1.82) is 0 Å². The molecule has 0 heterocycles. The zero-order valence-electron chi connectivity index (χ0n) is 70.8. The molecule has 0 atom stereocenters. The van der Waals surface area contributed by atoms with E-state index in [0.29, 0.717) is 127 Å². The number of hydrogen-bond donors (Lipinski definition) is 0. The van der Waals surface area contributed by atoms with Crippen LogP contribution in [0.15, 0.2) is 23.7 Å². The zero-order valence-corrected chi connectivity index (χ0v) is 70.8. The lowest BCUT2D eigenvalue weighted by molar-refractivity contribution is -0.357. The van der Waals surface area contributed by atoms with Crippen molar-refractivity contribution in [2.45, 2.75) is 347 Å². The third-order valence-electron chi connectivity index (χ3n) is 17.6. The summed E-state index contributed by atoms with van der Waals surface area (Å²) in [6.45, 7) is 40.9. The third-order valence-corrected chi connectivity index (χ3v) is 17.6. The van der Waals surface area contributed by atoms with Gasteiger partial charge in [-0.1, -0.05) is 227 Å². The normalized spacial score (nSPS) is 12.2. The average Bonchev–Trinajstić information content (AvgIpc) is 0.717. The maximum atomic E-state index is 16.3. The Balaban J connectivity index is 3.99. The highest BCUT2D eigenvalue weighted by Crippen LogP contribution is 2.64. The van der Waals surface area contributed by atoms with Crippen molar-refractivity contribution in [1.82, 2.24) is 0 Å². The standard InChI is InChI=1S/C87H152O20/c1-19-35-51-90-67-69(86(100-61-45-29-11,101-62-46-30-12)102-63-47-31-13)83(88)106-81-77(96-57-41-25-7)73(92-53-37-21-3)71(74(93-54-38-22-4)78(81)97-58-42-26-8)85(17,18)72-75(94-55-39-23-5)79(98-59-43-27-9)82(80(99-60-44-28-10)76(72)95-56-40-24-6)107-84(89)70(68-91-52-36-20-2)87(103-64-48-32-14,104-65-49-33-15)105-66-50-34-16/h67-68H,19-66H2,1-18H3. The summed E-state index contributed by atoms with van der Waals surface area (Å²) in [5.41, 5.74) is -0.760. The minimum Gasteiger partial charge on any atom is -0.500 e. The highest BCUT2D eigenvalue weighted by molar-refractivity contribution is 5.94. The van der Waals surface area contributed by atoms with Crippen molar-refractivity contribution in [2.75, 3.05) is 106 Å². The summed E-state index contributed by atoms with van der Waals surface area (Å²) in [5.74, 6) is -4.73. The van der Waals surface area contributed by atoms with Gasteiger partial charge in [0, 0.05) is 5.41 Å². The minimum atomic E-state index is -2.05. The fourth-order valence-corrected chi connectivity index (χ4v) is 10.7. The number of carbonyl (C=O) groups excluding carboxylic acids is 2. The summed E-state index contributed by atoms with van der Waals surface area (Å²) >= 11 is 0. The Kier molecular flexibility index (Phi) is 55.1. The van der Waals surface area contributed by atoms with Gasteiger partial charge in [-0.3, -0.25) is 0 Å². The van der Waals surface area contributed by atoms with Gasteiger partial charge in [0.15, 0.2) is 34.1 Å². The van der Waals surface area contributed by atoms with E-state index in [1.54, 1.807) is 0 Å². The van der Waals surface area contributed by atoms with E-state index >= 15 is 9.59 Å². The Hall–Kier alpha value is -5.38. The van der Waals surface area contributed by atoms with E-state index in [2.05, 4.69) is 125 Å². The molecule has 0 aliphatic carbocycles. The Morgan fingerprint density at radius 2 is 0.402 bits per heavy atom. The van der Waals surface area contributed by atoms with Crippen LogP contribution in [-0.4, -0.2) is 130 Å². The second-order valence-electron chi connectivity index (χ2n) is 27.9. The molecule has 2 rings (SSSR count). The molecule has 0 spiro atoms. The van der Waals surface area contributed by atoms with Gasteiger partial charge in [-0.05, 0) is 103 Å². The van der Waals surface area contributed by atoms with Crippen LogP contribution in [0.3, 0.4) is 0 Å². The van der Waals surface area contributed by atoms with Crippen molar-refractivity contribution in [3.05, 3.63) is 34.8 Å².